The summed E-state index contributed by atoms with van der Waals surface area (Å²) < 4.78 is 27.5. The molecular weight excluding hydrogens is 338 g/mol. The molecule has 1 saturated carbocycles. The Labute approximate surface area is 150 Å². The van der Waals surface area contributed by atoms with E-state index in [-0.39, 0.29) is 16.7 Å². The summed E-state index contributed by atoms with van der Waals surface area (Å²) >= 11 is 0. The van der Waals surface area contributed by atoms with Gasteiger partial charge in [-0.15, -0.1) is 0 Å². The van der Waals surface area contributed by atoms with Gasteiger partial charge in [-0.1, -0.05) is 18.9 Å². The highest BCUT2D eigenvalue weighted by Gasteiger charge is 2.37. The number of sulfonamides is 1. The normalized spacial score (nSPS) is 24.8. The van der Waals surface area contributed by atoms with Crippen molar-refractivity contribution in [3.05, 3.63) is 24.3 Å². The molecule has 1 aromatic carbocycles. The predicted molar refractivity (Wildman–Crippen MR) is 99.7 cm³/mol. The van der Waals surface area contributed by atoms with Gasteiger partial charge >= 0.3 is 0 Å². The molecular formula is C18H29N3O3S. The zero-order chi connectivity index (χ0) is 18.9. The van der Waals surface area contributed by atoms with Gasteiger partial charge in [-0.05, 0) is 58.7 Å². The lowest BCUT2D eigenvalue weighted by Gasteiger charge is -2.37. The van der Waals surface area contributed by atoms with Crippen molar-refractivity contribution in [3.8, 4) is 0 Å². The number of nitrogens with one attached hydrogen (secondary N) is 2. The van der Waals surface area contributed by atoms with Crippen LogP contribution in [0.15, 0.2) is 29.2 Å². The molecule has 1 aliphatic carbocycles. The van der Waals surface area contributed by atoms with E-state index in [4.69, 9.17) is 5.73 Å². The molecule has 1 fully saturated rings. The van der Waals surface area contributed by atoms with Gasteiger partial charge in [-0.25, -0.2) is 13.1 Å². The quantitative estimate of drug-likeness (QED) is 0.761. The summed E-state index contributed by atoms with van der Waals surface area (Å²) in [6.45, 7) is 7.24. The van der Waals surface area contributed by atoms with E-state index in [9.17, 15) is 13.2 Å². The summed E-state index contributed by atoms with van der Waals surface area (Å²) in [5, 5.41) is 2.83. The van der Waals surface area contributed by atoms with E-state index in [1.165, 1.54) is 12.1 Å². The Kier molecular flexibility index (Phi) is 5.61. The average Bonchev–Trinajstić information content (AvgIpc) is 2.44. The van der Waals surface area contributed by atoms with E-state index in [1.54, 1.807) is 32.9 Å². The van der Waals surface area contributed by atoms with Crippen molar-refractivity contribution >= 4 is 21.6 Å². The van der Waals surface area contributed by atoms with Crippen LogP contribution < -0.4 is 15.8 Å². The fraction of sp³-hybridized carbons (Fsp3) is 0.611. The molecule has 0 radical (unpaired) electrons. The Bertz CT molecular complexity index is 736. The lowest BCUT2D eigenvalue weighted by molar-refractivity contribution is -0.122. The maximum Gasteiger partial charge on any atom is 0.241 e. The number of amides is 1. The predicted octanol–water partition coefficient (Wildman–Crippen LogP) is 2.61. The van der Waals surface area contributed by atoms with Gasteiger partial charge in [0.2, 0.25) is 15.9 Å². The van der Waals surface area contributed by atoms with Crippen LogP contribution in [0.4, 0.5) is 5.69 Å². The number of hydrogen-bond donors (Lipinski definition) is 3. The first-order chi connectivity index (χ1) is 11.4. The summed E-state index contributed by atoms with van der Waals surface area (Å²) in [6, 6.07) is 6.29. The van der Waals surface area contributed by atoms with Crippen molar-refractivity contribution in [3.63, 3.8) is 0 Å². The molecule has 140 valence electrons. The van der Waals surface area contributed by atoms with Gasteiger partial charge in [0.25, 0.3) is 0 Å². The molecule has 1 aromatic rings. The maximum atomic E-state index is 12.6. The molecule has 0 spiro atoms. The van der Waals surface area contributed by atoms with Gasteiger partial charge in [0.05, 0.1) is 10.8 Å². The first kappa shape index (κ1) is 19.9. The van der Waals surface area contributed by atoms with E-state index in [1.807, 2.05) is 6.92 Å². The van der Waals surface area contributed by atoms with Crippen LogP contribution in [0.5, 0.6) is 0 Å². The summed E-state index contributed by atoms with van der Waals surface area (Å²) in [4.78, 5) is 12.7. The van der Waals surface area contributed by atoms with Gasteiger partial charge in [-0.2, -0.15) is 0 Å². The molecule has 1 aliphatic rings. The molecule has 7 heteroatoms. The van der Waals surface area contributed by atoms with E-state index in [0.717, 1.165) is 25.7 Å². The van der Waals surface area contributed by atoms with Crippen LogP contribution in [0.25, 0.3) is 0 Å². The number of anilines is 1. The van der Waals surface area contributed by atoms with Crippen LogP contribution in [0, 0.1) is 5.92 Å². The average molecular weight is 368 g/mol. The van der Waals surface area contributed by atoms with Gasteiger partial charge in [0, 0.05) is 16.8 Å². The lowest BCUT2D eigenvalue weighted by atomic mass is 9.74. The third kappa shape index (κ3) is 5.26. The molecule has 0 aliphatic heterocycles. The smallest absolute Gasteiger partial charge is 0.241 e. The highest BCUT2D eigenvalue weighted by molar-refractivity contribution is 7.89. The summed E-state index contributed by atoms with van der Waals surface area (Å²) in [5.74, 6) is -0.419. The number of benzene rings is 1. The van der Waals surface area contributed by atoms with Gasteiger partial charge in [0.1, 0.15) is 0 Å². The van der Waals surface area contributed by atoms with Crippen molar-refractivity contribution in [1.82, 2.24) is 4.72 Å². The fourth-order valence-electron chi connectivity index (χ4n) is 3.22. The van der Waals surface area contributed by atoms with Crippen LogP contribution in [0.3, 0.4) is 0 Å². The van der Waals surface area contributed by atoms with Crippen LogP contribution >= 0.6 is 0 Å². The van der Waals surface area contributed by atoms with Crippen molar-refractivity contribution < 1.29 is 13.2 Å². The fourth-order valence-corrected chi connectivity index (χ4v) is 4.69. The van der Waals surface area contributed by atoms with Gasteiger partial charge in [-0.3, -0.25) is 4.79 Å². The first-order valence-electron chi connectivity index (χ1n) is 8.64. The molecule has 25 heavy (non-hydrogen) atoms. The summed E-state index contributed by atoms with van der Waals surface area (Å²) in [5.41, 5.74) is 5.63. The molecule has 2 rings (SSSR count). The zero-order valence-corrected chi connectivity index (χ0v) is 16.2. The second-order valence-corrected chi connectivity index (χ2v) is 9.86. The number of nitrogens with two attached hydrogens (primary N) is 1. The minimum atomic E-state index is -3.65. The standard InChI is InChI=1S/C18H29N3O3S/c1-17(2,3)21-25(23,24)14-9-7-8-13(12-14)20-16(22)15-10-5-6-11-18(15,4)19/h7-9,12,15,21H,5-6,10-11,19H2,1-4H3,(H,20,22). The summed E-state index contributed by atoms with van der Waals surface area (Å²) in [6.07, 6.45) is 3.58. The van der Waals surface area contributed by atoms with Gasteiger partial charge in [0.15, 0.2) is 0 Å². The number of rotatable bonds is 4. The highest BCUT2D eigenvalue weighted by atomic mass is 32.2. The topological polar surface area (TPSA) is 101 Å². The van der Waals surface area contributed by atoms with E-state index in [2.05, 4.69) is 10.0 Å². The molecule has 4 N–H and O–H groups in total. The lowest BCUT2D eigenvalue weighted by Crippen LogP contribution is -2.51. The minimum Gasteiger partial charge on any atom is -0.326 e. The number of carbonyl (C=O) groups excluding carboxylic acids is 1. The van der Waals surface area contributed by atoms with E-state index in [0.29, 0.717) is 5.69 Å². The van der Waals surface area contributed by atoms with Crippen LogP contribution in [0.2, 0.25) is 0 Å². The third-order valence-corrected chi connectivity index (χ3v) is 6.18. The molecule has 2 unspecified atom stereocenters. The Morgan fingerprint density at radius 3 is 2.56 bits per heavy atom. The van der Waals surface area contributed by atoms with E-state index < -0.39 is 21.1 Å². The number of hydrogen-bond acceptors (Lipinski definition) is 4. The third-order valence-electron chi connectivity index (χ3n) is 4.42. The Balaban J connectivity index is 2.18. The minimum absolute atomic E-state index is 0.124. The molecule has 0 saturated heterocycles. The highest BCUT2D eigenvalue weighted by Crippen LogP contribution is 2.32. The van der Waals surface area contributed by atoms with Crippen molar-refractivity contribution in [2.45, 2.75) is 69.4 Å². The van der Waals surface area contributed by atoms with Crippen molar-refractivity contribution in [2.75, 3.05) is 5.32 Å². The monoisotopic (exact) mass is 367 g/mol. The molecule has 0 heterocycles. The second-order valence-electron chi connectivity index (χ2n) is 8.18. The molecule has 6 nitrogen and oxygen atoms in total. The van der Waals surface area contributed by atoms with E-state index >= 15 is 0 Å². The van der Waals surface area contributed by atoms with Crippen LogP contribution in [-0.2, 0) is 14.8 Å². The first-order valence-corrected chi connectivity index (χ1v) is 10.1. The zero-order valence-electron chi connectivity index (χ0n) is 15.4. The molecule has 0 aromatic heterocycles. The largest absolute Gasteiger partial charge is 0.326 e. The Hall–Kier alpha value is -1.44. The van der Waals surface area contributed by atoms with Crippen molar-refractivity contribution in [2.24, 2.45) is 11.7 Å². The summed E-state index contributed by atoms with van der Waals surface area (Å²) in [7, 11) is -3.65. The maximum absolute atomic E-state index is 12.6. The van der Waals surface area contributed by atoms with Crippen LogP contribution in [0.1, 0.15) is 53.4 Å². The Morgan fingerprint density at radius 2 is 1.96 bits per heavy atom. The molecule has 2 atom stereocenters. The number of carbonyl (C=O) groups is 1. The Morgan fingerprint density at radius 1 is 1.28 bits per heavy atom. The van der Waals surface area contributed by atoms with Gasteiger partial charge < -0.3 is 11.1 Å². The van der Waals surface area contributed by atoms with Crippen LogP contribution in [-0.4, -0.2) is 25.4 Å². The molecule has 1 amide bonds. The second kappa shape index (κ2) is 7.05. The molecule has 0 bridgehead atoms. The SMILES string of the molecule is CC(C)(C)NS(=O)(=O)c1cccc(NC(=O)C2CCCCC2(C)N)c1. The van der Waals surface area contributed by atoms with Crippen molar-refractivity contribution in [1.29, 1.82) is 0 Å².